The first-order valence-corrected chi connectivity index (χ1v) is 6.45. The summed E-state index contributed by atoms with van der Waals surface area (Å²) in [5.74, 6) is -0.174. The van der Waals surface area contributed by atoms with Gasteiger partial charge in [0, 0.05) is 12.2 Å². The predicted molar refractivity (Wildman–Crippen MR) is 70.9 cm³/mol. The molecule has 2 rings (SSSR count). The van der Waals surface area contributed by atoms with Crippen molar-refractivity contribution >= 4 is 11.8 Å². The van der Waals surface area contributed by atoms with E-state index in [1.165, 1.54) is 25.5 Å². The normalized spacial score (nSPS) is 22.4. The Labute approximate surface area is 107 Å². The molecule has 1 heterocycles. The fraction of sp³-hybridized carbons (Fsp3) is 0.571. The smallest absolute Gasteiger partial charge is 0.337 e. The maximum Gasteiger partial charge on any atom is 0.337 e. The summed E-state index contributed by atoms with van der Waals surface area (Å²) < 4.78 is 0. The Balaban J connectivity index is 2.06. The third-order valence-corrected chi connectivity index (χ3v) is 3.84. The van der Waals surface area contributed by atoms with Gasteiger partial charge in [-0.25, -0.2) is 9.78 Å². The molecule has 1 aromatic rings. The van der Waals surface area contributed by atoms with E-state index in [9.17, 15) is 4.79 Å². The van der Waals surface area contributed by atoms with E-state index in [-0.39, 0.29) is 11.0 Å². The highest BCUT2D eigenvalue weighted by molar-refractivity contribution is 5.87. The molecule has 0 aromatic carbocycles. The third-order valence-electron chi connectivity index (χ3n) is 3.84. The summed E-state index contributed by atoms with van der Waals surface area (Å²) in [6.07, 6.45) is 6.30. The Morgan fingerprint density at radius 1 is 1.44 bits per heavy atom. The van der Waals surface area contributed by atoms with E-state index >= 15 is 0 Å². The molecule has 0 saturated heterocycles. The Morgan fingerprint density at radius 2 is 2.22 bits per heavy atom. The highest BCUT2D eigenvalue weighted by Gasteiger charge is 2.32. The first-order valence-electron chi connectivity index (χ1n) is 6.45. The zero-order chi connectivity index (χ0) is 13.2. The van der Waals surface area contributed by atoms with Crippen molar-refractivity contribution in [3.8, 4) is 0 Å². The van der Waals surface area contributed by atoms with Crippen molar-refractivity contribution in [2.75, 3.05) is 5.32 Å². The Kier molecular flexibility index (Phi) is 3.55. The summed E-state index contributed by atoms with van der Waals surface area (Å²) in [4.78, 5) is 14.9. The van der Waals surface area contributed by atoms with Crippen molar-refractivity contribution in [3.05, 3.63) is 23.9 Å². The number of carbonyl (C=O) groups is 1. The number of rotatable bonds is 3. The van der Waals surface area contributed by atoms with Gasteiger partial charge in [-0.2, -0.15) is 0 Å². The third kappa shape index (κ3) is 2.81. The van der Waals surface area contributed by atoms with Crippen LogP contribution in [-0.4, -0.2) is 22.1 Å². The Bertz CT molecular complexity index is 426. The number of carboxylic acid groups (broad SMARTS) is 1. The number of carboxylic acids is 1. The second kappa shape index (κ2) is 4.96. The molecule has 0 bridgehead atoms. The van der Waals surface area contributed by atoms with E-state index in [0.717, 1.165) is 12.2 Å². The van der Waals surface area contributed by atoms with Crippen LogP contribution < -0.4 is 5.32 Å². The minimum Gasteiger partial charge on any atom is -0.478 e. The van der Waals surface area contributed by atoms with Gasteiger partial charge in [0.1, 0.15) is 5.82 Å². The van der Waals surface area contributed by atoms with Gasteiger partial charge in [-0.1, -0.05) is 26.7 Å². The van der Waals surface area contributed by atoms with Gasteiger partial charge in [0.2, 0.25) is 0 Å². The summed E-state index contributed by atoms with van der Waals surface area (Å²) in [6, 6.07) is 3.75. The van der Waals surface area contributed by atoms with Gasteiger partial charge in [-0.3, -0.25) is 0 Å². The van der Waals surface area contributed by atoms with Gasteiger partial charge in [0.15, 0.2) is 0 Å². The quantitative estimate of drug-likeness (QED) is 0.862. The molecular weight excluding hydrogens is 228 g/mol. The number of pyridine rings is 1. The van der Waals surface area contributed by atoms with Crippen LogP contribution >= 0.6 is 0 Å². The molecule has 0 spiro atoms. The molecule has 1 unspecified atom stereocenters. The molecule has 18 heavy (non-hydrogen) atoms. The molecule has 1 saturated carbocycles. The standard InChI is InChI=1S/C14H20N2O2/c1-14(2)8-4-3-5-11(14)16-12-7-6-10(9-15-12)13(17)18/h6-7,9,11H,3-5,8H2,1-2H3,(H,15,16)(H,17,18). The summed E-state index contributed by atoms with van der Waals surface area (Å²) in [5, 5.41) is 12.3. The van der Waals surface area contributed by atoms with Crippen LogP contribution in [0.15, 0.2) is 18.3 Å². The van der Waals surface area contributed by atoms with Crippen molar-refractivity contribution in [2.45, 2.75) is 45.6 Å². The van der Waals surface area contributed by atoms with Crippen LogP contribution in [0.5, 0.6) is 0 Å². The molecule has 0 aliphatic heterocycles. The molecule has 4 heteroatoms. The van der Waals surface area contributed by atoms with Crippen LogP contribution in [0.25, 0.3) is 0 Å². The average molecular weight is 248 g/mol. The first-order chi connectivity index (χ1) is 8.49. The second-order valence-corrected chi connectivity index (χ2v) is 5.67. The molecule has 1 fully saturated rings. The van der Waals surface area contributed by atoms with Crippen molar-refractivity contribution in [1.82, 2.24) is 4.98 Å². The highest BCUT2D eigenvalue weighted by Crippen LogP contribution is 2.36. The van der Waals surface area contributed by atoms with E-state index in [0.29, 0.717) is 6.04 Å². The number of nitrogens with one attached hydrogen (secondary N) is 1. The Hall–Kier alpha value is -1.58. The van der Waals surface area contributed by atoms with Crippen molar-refractivity contribution < 1.29 is 9.90 Å². The highest BCUT2D eigenvalue weighted by atomic mass is 16.4. The first kappa shape index (κ1) is 12.9. The van der Waals surface area contributed by atoms with Crippen LogP contribution in [0, 0.1) is 5.41 Å². The molecule has 1 atom stereocenters. The number of hydrogen-bond acceptors (Lipinski definition) is 3. The minimum atomic E-state index is -0.938. The molecule has 2 N–H and O–H groups in total. The molecule has 98 valence electrons. The number of aromatic nitrogens is 1. The zero-order valence-electron chi connectivity index (χ0n) is 10.9. The summed E-state index contributed by atoms with van der Waals surface area (Å²) in [6.45, 7) is 4.55. The topological polar surface area (TPSA) is 62.2 Å². The molecule has 1 aliphatic rings. The van der Waals surface area contributed by atoms with Crippen LogP contribution in [0.1, 0.15) is 49.9 Å². The molecule has 1 aromatic heterocycles. The van der Waals surface area contributed by atoms with Crippen molar-refractivity contribution in [3.63, 3.8) is 0 Å². The van der Waals surface area contributed by atoms with Gasteiger partial charge in [-0.15, -0.1) is 0 Å². The number of nitrogens with zero attached hydrogens (tertiary/aromatic N) is 1. The van der Waals surface area contributed by atoms with Gasteiger partial charge < -0.3 is 10.4 Å². The average Bonchev–Trinajstić information content (AvgIpc) is 2.32. The lowest BCUT2D eigenvalue weighted by atomic mass is 9.73. The summed E-state index contributed by atoms with van der Waals surface area (Å²) >= 11 is 0. The van der Waals surface area contributed by atoms with E-state index in [1.807, 2.05) is 0 Å². The molecule has 0 amide bonds. The maximum atomic E-state index is 10.7. The lowest BCUT2D eigenvalue weighted by molar-refractivity contribution is 0.0696. The van der Waals surface area contributed by atoms with E-state index in [4.69, 9.17) is 5.11 Å². The van der Waals surface area contributed by atoms with Gasteiger partial charge in [0.25, 0.3) is 0 Å². The van der Waals surface area contributed by atoms with Gasteiger partial charge in [-0.05, 0) is 30.4 Å². The lowest BCUT2D eigenvalue weighted by Gasteiger charge is -2.39. The molecular formula is C14H20N2O2. The van der Waals surface area contributed by atoms with Gasteiger partial charge in [0.05, 0.1) is 5.56 Å². The van der Waals surface area contributed by atoms with E-state index in [1.54, 1.807) is 12.1 Å². The zero-order valence-corrected chi connectivity index (χ0v) is 10.9. The molecule has 1 aliphatic carbocycles. The monoisotopic (exact) mass is 248 g/mol. The minimum absolute atomic E-state index is 0.225. The van der Waals surface area contributed by atoms with E-state index < -0.39 is 5.97 Å². The fourth-order valence-electron chi connectivity index (χ4n) is 2.55. The number of aromatic carboxylic acids is 1. The summed E-state index contributed by atoms with van der Waals surface area (Å²) in [5.41, 5.74) is 0.495. The second-order valence-electron chi connectivity index (χ2n) is 5.67. The predicted octanol–water partition coefficient (Wildman–Crippen LogP) is 3.16. The fourth-order valence-corrected chi connectivity index (χ4v) is 2.55. The van der Waals surface area contributed by atoms with Crippen LogP contribution in [0.4, 0.5) is 5.82 Å². The lowest BCUT2D eigenvalue weighted by Crippen LogP contribution is -2.39. The van der Waals surface area contributed by atoms with Crippen LogP contribution in [0.2, 0.25) is 0 Å². The molecule has 4 nitrogen and oxygen atoms in total. The largest absolute Gasteiger partial charge is 0.478 e. The van der Waals surface area contributed by atoms with Crippen LogP contribution in [0.3, 0.4) is 0 Å². The summed E-state index contributed by atoms with van der Waals surface area (Å²) in [7, 11) is 0. The molecule has 0 radical (unpaired) electrons. The van der Waals surface area contributed by atoms with Gasteiger partial charge >= 0.3 is 5.97 Å². The van der Waals surface area contributed by atoms with E-state index in [2.05, 4.69) is 24.1 Å². The van der Waals surface area contributed by atoms with Crippen molar-refractivity contribution in [1.29, 1.82) is 0 Å². The SMILES string of the molecule is CC1(C)CCCCC1Nc1ccc(C(=O)O)cn1. The van der Waals surface area contributed by atoms with Crippen molar-refractivity contribution in [2.24, 2.45) is 5.41 Å². The Morgan fingerprint density at radius 3 is 2.78 bits per heavy atom. The number of hydrogen-bond donors (Lipinski definition) is 2. The van der Waals surface area contributed by atoms with Crippen LogP contribution in [-0.2, 0) is 0 Å². The number of anilines is 1. The maximum absolute atomic E-state index is 10.7.